The highest BCUT2D eigenvalue weighted by Gasteiger charge is 2.36. The molecule has 0 N–H and O–H groups in total. The molecule has 19 heavy (non-hydrogen) atoms. The van der Waals surface area contributed by atoms with Crippen LogP contribution in [0.5, 0.6) is 0 Å². The minimum atomic E-state index is -0.483. The molecule has 0 fully saturated rings. The molecule has 5 heteroatoms. The summed E-state index contributed by atoms with van der Waals surface area (Å²) >= 11 is 3.26. The van der Waals surface area contributed by atoms with Gasteiger partial charge in [0.15, 0.2) is 0 Å². The highest BCUT2D eigenvalue weighted by Crippen LogP contribution is 2.30. The predicted octanol–water partition coefficient (Wildman–Crippen LogP) is 3.42. The quantitative estimate of drug-likeness (QED) is 0.597. The summed E-state index contributed by atoms with van der Waals surface area (Å²) in [5.41, 5.74) is 0.844. The predicted molar refractivity (Wildman–Crippen MR) is 72.3 cm³/mol. The molecule has 0 radical (unpaired) electrons. The van der Waals surface area contributed by atoms with E-state index >= 15 is 0 Å². The van der Waals surface area contributed by atoms with Crippen LogP contribution in [0.15, 0.2) is 46.9 Å². The molecule has 0 spiro atoms. The number of ketones is 1. The fourth-order valence-electron chi connectivity index (χ4n) is 2.09. The number of Topliss-reactive ketones (excluding diaryl/α,β-unsaturated/α-hetero) is 1. The third-order valence-corrected chi connectivity index (χ3v) is 3.43. The number of halogens is 2. The zero-order chi connectivity index (χ0) is 13.6. The molecule has 0 saturated carbocycles. The van der Waals surface area contributed by atoms with Crippen molar-refractivity contribution in [2.75, 3.05) is 0 Å². The summed E-state index contributed by atoms with van der Waals surface area (Å²) in [5.74, 6) is -0.875. The Morgan fingerprint density at radius 2 is 1.95 bits per heavy atom. The van der Waals surface area contributed by atoms with Crippen molar-refractivity contribution in [1.29, 1.82) is 0 Å². The van der Waals surface area contributed by atoms with Crippen molar-refractivity contribution in [3.05, 3.63) is 69.1 Å². The molecule has 0 atom stereocenters. The number of hydrogen-bond acceptors (Lipinski definition) is 2. The van der Waals surface area contributed by atoms with Gasteiger partial charge in [-0.3, -0.25) is 4.79 Å². The van der Waals surface area contributed by atoms with Gasteiger partial charge in [-0.05, 0) is 30.3 Å². The third kappa shape index (κ3) is 1.86. The summed E-state index contributed by atoms with van der Waals surface area (Å²) in [7, 11) is 0. The monoisotopic (exact) mass is 319 g/mol. The summed E-state index contributed by atoms with van der Waals surface area (Å²) in [6.45, 7) is 0. The Morgan fingerprint density at radius 3 is 2.68 bits per heavy atom. The van der Waals surface area contributed by atoms with Gasteiger partial charge in [-0.2, -0.15) is 4.74 Å². The van der Waals surface area contributed by atoms with E-state index in [1.54, 1.807) is 24.3 Å². The fourth-order valence-corrected chi connectivity index (χ4v) is 2.45. The molecule has 0 unspecified atom stereocenters. The van der Waals surface area contributed by atoms with Gasteiger partial charge in [0.2, 0.25) is 5.69 Å². The van der Waals surface area contributed by atoms with Gasteiger partial charge in [-0.15, -0.1) is 0 Å². The van der Waals surface area contributed by atoms with E-state index in [1.165, 1.54) is 18.2 Å². The van der Waals surface area contributed by atoms with E-state index in [2.05, 4.69) is 15.9 Å². The average Bonchev–Trinajstić information content (AvgIpc) is 2.61. The fraction of sp³-hybridized carbons (Fsp3) is 0. The smallest absolute Gasteiger partial charge is 0.273 e. The summed E-state index contributed by atoms with van der Waals surface area (Å²) in [6.07, 6.45) is 0. The van der Waals surface area contributed by atoms with Gasteiger partial charge in [0.05, 0.1) is 5.56 Å². The summed E-state index contributed by atoms with van der Waals surface area (Å²) < 4.78 is 14.5. The lowest BCUT2D eigenvalue weighted by atomic mass is 10.0. The van der Waals surface area contributed by atoms with Crippen molar-refractivity contribution < 1.29 is 13.9 Å². The van der Waals surface area contributed by atoms with Crippen molar-refractivity contribution in [3.8, 4) is 0 Å². The largest absolute Gasteiger partial charge is 0.618 e. The number of nitrogens with zero attached hydrogens (tertiary/aromatic N) is 1. The first-order valence-corrected chi connectivity index (χ1v) is 6.31. The maximum absolute atomic E-state index is 13.2. The Morgan fingerprint density at radius 1 is 1.16 bits per heavy atom. The Hall–Kier alpha value is -2.01. The van der Waals surface area contributed by atoms with Gasteiger partial charge in [0.1, 0.15) is 11.4 Å². The van der Waals surface area contributed by atoms with Crippen LogP contribution in [0.2, 0.25) is 0 Å². The minimum absolute atomic E-state index is 0.0485. The van der Waals surface area contributed by atoms with Crippen LogP contribution in [0.1, 0.15) is 15.9 Å². The summed E-state index contributed by atoms with van der Waals surface area (Å²) in [5, 5.41) is 12.2. The second-order valence-corrected chi connectivity index (χ2v) is 5.06. The number of hydrogen-bond donors (Lipinski definition) is 0. The Kier molecular flexibility index (Phi) is 2.71. The van der Waals surface area contributed by atoms with Gasteiger partial charge in [0.25, 0.3) is 11.5 Å². The standard InChI is InChI=1S/C14H7BrFNO2/c15-9-4-5-12-11(7-9)14(18)13(17(12)19)8-2-1-3-10(16)6-8/h1-7H. The maximum atomic E-state index is 13.2. The summed E-state index contributed by atoms with van der Waals surface area (Å²) in [4.78, 5) is 12.2. The van der Waals surface area contributed by atoms with E-state index < -0.39 is 11.6 Å². The molecule has 1 aliphatic rings. The molecule has 0 saturated heterocycles. The van der Waals surface area contributed by atoms with Gasteiger partial charge in [-0.25, -0.2) is 4.39 Å². The third-order valence-electron chi connectivity index (χ3n) is 2.94. The van der Waals surface area contributed by atoms with Crippen LogP contribution in [0.3, 0.4) is 0 Å². The van der Waals surface area contributed by atoms with E-state index in [1.807, 2.05) is 0 Å². The van der Waals surface area contributed by atoms with Crippen LogP contribution in [-0.4, -0.2) is 16.2 Å². The second-order valence-electron chi connectivity index (χ2n) is 4.14. The van der Waals surface area contributed by atoms with E-state index in [9.17, 15) is 14.4 Å². The van der Waals surface area contributed by atoms with Crippen molar-refractivity contribution in [2.45, 2.75) is 0 Å². The van der Waals surface area contributed by atoms with Crippen molar-refractivity contribution in [1.82, 2.24) is 0 Å². The van der Waals surface area contributed by atoms with Crippen molar-refractivity contribution in [3.63, 3.8) is 0 Å². The van der Waals surface area contributed by atoms with E-state index in [4.69, 9.17) is 0 Å². The highest BCUT2D eigenvalue weighted by atomic mass is 79.9. The van der Waals surface area contributed by atoms with Crippen molar-refractivity contribution >= 4 is 33.1 Å². The maximum Gasteiger partial charge on any atom is 0.273 e. The molecule has 3 nitrogen and oxygen atoms in total. The normalized spacial score (nSPS) is 13.9. The first kappa shape index (κ1) is 12.0. The molecule has 94 valence electrons. The molecular weight excluding hydrogens is 313 g/mol. The molecule has 2 aromatic rings. The zero-order valence-corrected chi connectivity index (χ0v) is 11.1. The topological polar surface area (TPSA) is 43.1 Å². The van der Waals surface area contributed by atoms with Crippen LogP contribution in [0.4, 0.5) is 10.1 Å². The van der Waals surface area contributed by atoms with Crippen LogP contribution >= 0.6 is 15.9 Å². The Bertz CT molecular complexity index is 740. The number of carbonyl (C=O) groups is 1. The molecule has 2 aromatic carbocycles. The average molecular weight is 320 g/mol. The van der Waals surface area contributed by atoms with Gasteiger partial charge >= 0.3 is 0 Å². The van der Waals surface area contributed by atoms with E-state index in [0.717, 1.165) is 0 Å². The van der Waals surface area contributed by atoms with E-state index in [0.29, 0.717) is 14.8 Å². The van der Waals surface area contributed by atoms with E-state index in [-0.39, 0.29) is 17.0 Å². The lowest BCUT2D eigenvalue weighted by Gasteiger charge is -2.01. The molecule has 1 aliphatic heterocycles. The zero-order valence-electron chi connectivity index (χ0n) is 9.56. The van der Waals surface area contributed by atoms with Crippen molar-refractivity contribution in [2.24, 2.45) is 0 Å². The molecule has 1 heterocycles. The van der Waals surface area contributed by atoms with Crippen LogP contribution in [0.25, 0.3) is 0 Å². The number of fused-ring (bicyclic) bond motifs is 1. The highest BCUT2D eigenvalue weighted by molar-refractivity contribution is 9.10. The first-order chi connectivity index (χ1) is 9.08. The lowest BCUT2D eigenvalue weighted by molar-refractivity contribution is -0.355. The number of benzene rings is 2. The first-order valence-electron chi connectivity index (χ1n) is 5.52. The molecular formula is C14H7BrFNO2. The second kappa shape index (κ2) is 4.28. The minimum Gasteiger partial charge on any atom is -0.618 e. The number of rotatable bonds is 1. The van der Waals surface area contributed by atoms with Gasteiger partial charge in [-0.1, -0.05) is 22.0 Å². The molecule has 3 rings (SSSR count). The van der Waals surface area contributed by atoms with Gasteiger partial charge in [0, 0.05) is 10.5 Å². The Labute approximate surface area is 116 Å². The molecule has 0 amide bonds. The van der Waals surface area contributed by atoms with Crippen LogP contribution in [-0.2, 0) is 0 Å². The van der Waals surface area contributed by atoms with Crippen LogP contribution < -0.4 is 0 Å². The van der Waals surface area contributed by atoms with Crippen LogP contribution in [0, 0.1) is 11.0 Å². The molecule has 0 aliphatic carbocycles. The SMILES string of the molecule is O=C1C(c2cccc(F)c2)=[N+]([O-])c2ccc(Br)cc21. The summed E-state index contributed by atoms with van der Waals surface area (Å²) in [6, 6.07) is 10.3. The number of carbonyl (C=O) groups excluding carboxylic acids is 1. The molecule has 0 aromatic heterocycles. The Balaban J connectivity index is 2.20. The molecule has 0 bridgehead atoms. The lowest BCUT2D eigenvalue weighted by Crippen LogP contribution is -2.16. The van der Waals surface area contributed by atoms with Gasteiger partial charge < -0.3 is 5.21 Å².